The normalized spacial score (nSPS) is 10.6. The highest BCUT2D eigenvalue weighted by molar-refractivity contribution is 6.31. The molecule has 0 aliphatic rings. The van der Waals surface area contributed by atoms with Crippen LogP contribution in [0.15, 0.2) is 12.1 Å². The quantitative estimate of drug-likeness (QED) is 0.401. The summed E-state index contributed by atoms with van der Waals surface area (Å²) in [5, 5.41) is 0.550. The van der Waals surface area contributed by atoms with Gasteiger partial charge in [0, 0.05) is 7.11 Å². The summed E-state index contributed by atoms with van der Waals surface area (Å²) in [6.45, 7) is 2.45. The molecule has 0 saturated carbocycles. The van der Waals surface area contributed by atoms with Crippen molar-refractivity contribution in [2.75, 3.05) is 39.0 Å². The van der Waals surface area contributed by atoms with Crippen molar-refractivity contribution in [3.63, 3.8) is 0 Å². The van der Waals surface area contributed by atoms with Crippen molar-refractivity contribution in [3.8, 4) is 0 Å². The first kappa shape index (κ1) is 15.1. The van der Waals surface area contributed by atoms with Gasteiger partial charge in [-0.2, -0.15) is 0 Å². The summed E-state index contributed by atoms with van der Waals surface area (Å²) in [5.74, 6) is 5.81. The van der Waals surface area contributed by atoms with Crippen LogP contribution in [0.2, 0.25) is 5.02 Å². The maximum atomic E-state index is 5.98. The van der Waals surface area contributed by atoms with Crippen molar-refractivity contribution in [2.45, 2.75) is 6.61 Å². The number of rotatable bonds is 9. The van der Waals surface area contributed by atoms with Gasteiger partial charge in [-0.05, 0) is 12.1 Å². The summed E-state index contributed by atoms with van der Waals surface area (Å²) in [6, 6.07) is 3.41. The minimum Gasteiger partial charge on any atom is -0.382 e. The molecule has 102 valence electrons. The van der Waals surface area contributed by atoms with Crippen LogP contribution in [0.3, 0.4) is 0 Å². The fraction of sp³-hybridized carbons (Fsp3) is 0.545. The fourth-order valence-electron chi connectivity index (χ4n) is 1.20. The number of halogens is 1. The summed E-state index contributed by atoms with van der Waals surface area (Å²) in [5.41, 5.74) is 3.10. The van der Waals surface area contributed by atoms with Crippen LogP contribution in [0, 0.1) is 0 Å². The van der Waals surface area contributed by atoms with E-state index in [4.69, 9.17) is 31.7 Å². The first-order chi connectivity index (χ1) is 8.77. The van der Waals surface area contributed by atoms with Crippen LogP contribution >= 0.6 is 11.6 Å². The van der Waals surface area contributed by atoms with E-state index in [0.717, 1.165) is 0 Å². The molecular weight excluding hydrogens is 258 g/mol. The molecular formula is C11H18ClN3O3. The Balaban J connectivity index is 2.22. The number of aromatic nitrogens is 1. The van der Waals surface area contributed by atoms with E-state index in [0.29, 0.717) is 49.6 Å². The van der Waals surface area contributed by atoms with Crippen molar-refractivity contribution in [1.82, 2.24) is 4.98 Å². The Morgan fingerprint density at radius 2 is 1.94 bits per heavy atom. The standard InChI is InChI=1S/C11H18ClN3O3/c1-16-4-5-17-6-7-18-8-10-9(12)2-3-11(14-10)15-13/h2-3H,4-8,13H2,1H3,(H,14,15). The van der Waals surface area contributed by atoms with Gasteiger partial charge in [0.2, 0.25) is 0 Å². The SMILES string of the molecule is COCCOCCOCc1nc(NN)ccc1Cl. The zero-order valence-electron chi connectivity index (χ0n) is 10.3. The molecule has 0 aromatic carbocycles. The third-order valence-electron chi connectivity index (χ3n) is 2.11. The maximum absolute atomic E-state index is 5.98. The van der Waals surface area contributed by atoms with E-state index in [2.05, 4.69) is 10.4 Å². The van der Waals surface area contributed by atoms with Gasteiger partial charge in [-0.1, -0.05) is 11.6 Å². The van der Waals surface area contributed by atoms with Crippen molar-refractivity contribution in [1.29, 1.82) is 0 Å². The van der Waals surface area contributed by atoms with Crippen LogP contribution in [-0.2, 0) is 20.8 Å². The third kappa shape index (κ3) is 5.61. The molecule has 0 spiro atoms. The number of anilines is 1. The summed E-state index contributed by atoms with van der Waals surface area (Å²) >= 11 is 5.98. The van der Waals surface area contributed by atoms with Gasteiger partial charge in [0.05, 0.1) is 43.8 Å². The molecule has 3 N–H and O–H groups in total. The lowest BCUT2D eigenvalue weighted by atomic mass is 10.3. The van der Waals surface area contributed by atoms with E-state index in [1.807, 2.05) is 0 Å². The number of pyridine rings is 1. The molecule has 6 nitrogen and oxygen atoms in total. The summed E-state index contributed by atoms with van der Waals surface area (Å²) in [7, 11) is 1.63. The number of nitrogens with two attached hydrogens (primary N) is 1. The van der Waals surface area contributed by atoms with Crippen LogP contribution in [0.5, 0.6) is 0 Å². The number of nitrogens with one attached hydrogen (secondary N) is 1. The number of hydrazine groups is 1. The highest BCUT2D eigenvalue weighted by Crippen LogP contribution is 2.16. The number of nitrogen functional groups attached to an aromatic ring is 1. The Morgan fingerprint density at radius 1 is 1.22 bits per heavy atom. The molecule has 1 rings (SSSR count). The number of hydrogen-bond donors (Lipinski definition) is 2. The average molecular weight is 276 g/mol. The Kier molecular flexibility index (Phi) is 7.63. The van der Waals surface area contributed by atoms with Crippen molar-refractivity contribution in [2.24, 2.45) is 5.84 Å². The van der Waals surface area contributed by atoms with E-state index in [-0.39, 0.29) is 0 Å². The van der Waals surface area contributed by atoms with Gasteiger partial charge in [0.1, 0.15) is 5.82 Å². The molecule has 0 saturated heterocycles. The molecule has 0 aliphatic heterocycles. The number of ether oxygens (including phenoxy) is 3. The van der Waals surface area contributed by atoms with Gasteiger partial charge in [-0.3, -0.25) is 0 Å². The molecule has 0 amide bonds. The predicted octanol–water partition coefficient (Wildman–Crippen LogP) is 1.20. The Hall–Kier alpha value is -0.920. The van der Waals surface area contributed by atoms with Crippen molar-refractivity contribution < 1.29 is 14.2 Å². The molecule has 18 heavy (non-hydrogen) atoms. The highest BCUT2D eigenvalue weighted by Gasteiger charge is 2.03. The van der Waals surface area contributed by atoms with E-state index in [1.54, 1.807) is 19.2 Å². The smallest absolute Gasteiger partial charge is 0.140 e. The molecule has 0 atom stereocenters. The molecule has 1 aromatic rings. The molecule has 0 unspecified atom stereocenters. The zero-order chi connectivity index (χ0) is 13.2. The first-order valence-electron chi connectivity index (χ1n) is 5.54. The summed E-state index contributed by atoms with van der Waals surface area (Å²) < 4.78 is 15.5. The summed E-state index contributed by atoms with van der Waals surface area (Å²) in [6.07, 6.45) is 0. The van der Waals surface area contributed by atoms with E-state index >= 15 is 0 Å². The molecule has 0 radical (unpaired) electrons. The average Bonchev–Trinajstić information content (AvgIpc) is 2.39. The van der Waals surface area contributed by atoms with E-state index in [1.165, 1.54) is 0 Å². The lowest BCUT2D eigenvalue weighted by molar-refractivity contribution is 0.0193. The number of hydrogen-bond acceptors (Lipinski definition) is 6. The van der Waals surface area contributed by atoms with Crippen molar-refractivity contribution >= 4 is 17.4 Å². The predicted molar refractivity (Wildman–Crippen MR) is 69.4 cm³/mol. The second-order valence-electron chi connectivity index (χ2n) is 3.43. The Labute approximate surface area is 111 Å². The second-order valence-corrected chi connectivity index (χ2v) is 3.83. The van der Waals surface area contributed by atoms with Crippen molar-refractivity contribution in [3.05, 3.63) is 22.8 Å². The maximum Gasteiger partial charge on any atom is 0.140 e. The number of methoxy groups -OCH3 is 1. The fourth-order valence-corrected chi connectivity index (χ4v) is 1.36. The van der Waals surface area contributed by atoms with Gasteiger partial charge >= 0.3 is 0 Å². The molecule has 0 aliphatic carbocycles. The largest absolute Gasteiger partial charge is 0.382 e. The molecule has 1 aromatic heterocycles. The van der Waals surface area contributed by atoms with E-state index in [9.17, 15) is 0 Å². The minimum atomic E-state index is 0.321. The number of nitrogens with zero attached hydrogens (tertiary/aromatic N) is 1. The van der Waals surface area contributed by atoms with Crippen LogP contribution in [0.1, 0.15) is 5.69 Å². The van der Waals surface area contributed by atoms with Gasteiger partial charge in [-0.25, -0.2) is 10.8 Å². The van der Waals surface area contributed by atoms with Gasteiger partial charge < -0.3 is 19.6 Å². The van der Waals surface area contributed by atoms with Gasteiger partial charge in [-0.15, -0.1) is 0 Å². The molecule has 0 fully saturated rings. The second kappa shape index (κ2) is 9.07. The molecule has 0 bridgehead atoms. The Bertz CT molecular complexity index is 352. The third-order valence-corrected chi connectivity index (χ3v) is 2.45. The van der Waals surface area contributed by atoms with Gasteiger partial charge in [0.15, 0.2) is 0 Å². The monoisotopic (exact) mass is 275 g/mol. The lowest BCUT2D eigenvalue weighted by Gasteiger charge is -2.08. The Morgan fingerprint density at radius 3 is 2.67 bits per heavy atom. The van der Waals surface area contributed by atoms with Crippen LogP contribution in [0.4, 0.5) is 5.82 Å². The van der Waals surface area contributed by atoms with Crippen LogP contribution in [0.25, 0.3) is 0 Å². The van der Waals surface area contributed by atoms with Crippen LogP contribution in [-0.4, -0.2) is 38.5 Å². The lowest BCUT2D eigenvalue weighted by Crippen LogP contribution is -2.11. The topological polar surface area (TPSA) is 78.6 Å². The molecule has 1 heterocycles. The van der Waals surface area contributed by atoms with Crippen LogP contribution < -0.4 is 11.3 Å². The highest BCUT2D eigenvalue weighted by atomic mass is 35.5. The summed E-state index contributed by atoms with van der Waals surface area (Å²) in [4.78, 5) is 4.18. The van der Waals surface area contributed by atoms with E-state index < -0.39 is 0 Å². The molecule has 7 heteroatoms. The van der Waals surface area contributed by atoms with Gasteiger partial charge in [0.25, 0.3) is 0 Å². The zero-order valence-corrected chi connectivity index (χ0v) is 11.1. The minimum absolute atomic E-state index is 0.321. The first-order valence-corrected chi connectivity index (χ1v) is 5.92.